The second-order valence-corrected chi connectivity index (χ2v) is 10.5. The number of H-pyrrole nitrogens is 1. The van der Waals surface area contributed by atoms with Gasteiger partial charge in [0.25, 0.3) is 0 Å². The highest BCUT2D eigenvalue weighted by atomic mass is 16.5. The van der Waals surface area contributed by atoms with Gasteiger partial charge in [0, 0.05) is 12.1 Å². The Labute approximate surface area is 219 Å². The summed E-state index contributed by atoms with van der Waals surface area (Å²) < 4.78 is 4.74. The molecule has 2 amide bonds. The van der Waals surface area contributed by atoms with Crippen LogP contribution >= 0.6 is 0 Å². The fourth-order valence-electron chi connectivity index (χ4n) is 5.57. The predicted octanol–water partition coefficient (Wildman–Crippen LogP) is 6.02. The number of hydrogen-bond acceptors (Lipinski definition) is 4. The van der Waals surface area contributed by atoms with E-state index in [1.54, 1.807) is 0 Å². The second kappa shape index (κ2) is 10.8. The van der Waals surface area contributed by atoms with Gasteiger partial charge in [0.15, 0.2) is 0 Å². The summed E-state index contributed by atoms with van der Waals surface area (Å²) in [5, 5.41) is 2.70. The first kappa shape index (κ1) is 26.5. The molecule has 1 fully saturated rings. The molecule has 0 radical (unpaired) electrons. The summed E-state index contributed by atoms with van der Waals surface area (Å²) in [5.41, 5.74) is 9.57. The fraction of sp³-hybridized carbons (Fsp3) is 0.433. The van der Waals surface area contributed by atoms with E-state index in [4.69, 9.17) is 9.72 Å². The zero-order valence-corrected chi connectivity index (χ0v) is 22.9. The molecule has 3 aromatic rings. The van der Waals surface area contributed by atoms with Crippen LogP contribution in [0.15, 0.2) is 36.5 Å². The molecule has 0 saturated carbocycles. The van der Waals surface area contributed by atoms with Gasteiger partial charge in [-0.3, -0.25) is 4.79 Å². The summed E-state index contributed by atoms with van der Waals surface area (Å²) in [5.74, 6) is 0.599. The summed E-state index contributed by atoms with van der Waals surface area (Å²) in [7, 11) is 1.30. The third-order valence-electron chi connectivity index (χ3n) is 7.41. The van der Waals surface area contributed by atoms with Crippen LogP contribution in [-0.2, 0) is 9.53 Å². The van der Waals surface area contributed by atoms with E-state index in [0.29, 0.717) is 6.54 Å². The third-order valence-corrected chi connectivity index (χ3v) is 7.41. The zero-order valence-electron chi connectivity index (χ0n) is 22.9. The monoisotopic (exact) mass is 502 g/mol. The molecule has 1 saturated heterocycles. The molecular formula is C30H38N4O3. The van der Waals surface area contributed by atoms with Gasteiger partial charge < -0.3 is 19.9 Å². The number of rotatable bonds is 6. The fourth-order valence-corrected chi connectivity index (χ4v) is 5.57. The largest absolute Gasteiger partial charge is 0.453 e. The number of nitrogens with zero attached hydrogens (tertiary/aromatic N) is 2. The van der Waals surface area contributed by atoms with Crippen LogP contribution in [0.25, 0.3) is 22.4 Å². The third kappa shape index (κ3) is 5.26. The Kier molecular flexibility index (Phi) is 7.71. The molecule has 37 heavy (non-hydrogen) atoms. The summed E-state index contributed by atoms with van der Waals surface area (Å²) in [6, 6.07) is 10.0. The number of aromatic nitrogens is 2. The van der Waals surface area contributed by atoms with E-state index in [0.717, 1.165) is 29.9 Å². The Bertz CT molecular complexity index is 1270. The minimum atomic E-state index is -0.648. The number of nitrogens with one attached hydrogen (secondary N) is 2. The van der Waals surface area contributed by atoms with E-state index < -0.39 is 12.1 Å². The highest BCUT2D eigenvalue weighted by Crippen LogP contribution is 2.37. The number of carbonyl (C=O) groups is 2. The minimum Gasteiger partial charge on any atom is -0.453 e. The van der Waals surface area contributed by atoms with Crippen molar-refractivity contribution in [3.8, 4) is 22.4 Å². The SMILES string of the molecule is COC(=O)N[C@H](C(=O)N1CCC[C@H]1c1ncc(-c2cc(C)c(-c3c(C)cccc3C)c(C)c2)[nH]1)C(C)C. The molecule has 7 heteroatoms. The van der Waals surface area contributed by atoms with Crippen LogP contribution in [0, 0.1) is 33.6 Å². The molecule has 0 spiro atoms. The van der Waals surface area contributed by atoms with Gasteiger partial charge in [0.1, 0.15) is 11.9 Å². The van der Waals surface area contributed by atoms with Gasteiger partial charge in [-0.05, 0) is 92.0 Å². The predicted molar refractivity (Wildman–Crippen MR) is 146 cm³/mol. The van der Waals surface area contributed by atoms with Crippen molar-refractivity contribution in [1.82, 2.24) is 20.2 Å². The molecule has 2 heterocycles. The zero-order chi connectivity index (χ0) is 26.9. The number of benzene rings is 2. The average Bonchev–Trinajstić information content (AvgIpc) is 3.53. The molecular weight excluding hydrogens is 464 g/mol. The molecule has 1 aliphatic heterocycles. The molecule has 0 unspecified atom stereocenters. The molecule has 4 rings (SSSR count). The van der Waals surface area contributed by atoms with Crippen LogP contribution in [0.4, 0.5) is 4.79 Å². The van der Waals surface area contributed by atoms with Gasteiger partial charge in [-0.2, -0.15) is 0 Å². The average molecular weight is 503 g/mol. The van der Waals surface area contributed by atoms with E-state index in [1.165, 1.54) is 40.5 Å². The molecule has 7 nitrogen and oxygen atoms in total. The van der Waals surface area contributed by atoms with E-state index >= 15 is 0 Å². The van der Waals surface area contributed by atoms with Gasteiger partial charge >= 0.3 is 6.09 Å². The number of amides is 2. The molecule has 196 valence electrons. The molecule has 0 bridgehead atoms. The van der Waals surface area contributed by atoms with E-state index in [1.807, 2.05) is 24.9 Å². The van der Waals surface area contributed by atoms with Crippen molar-refractivity contribution < 1.29 is 14.3 Å². The summed E-state index contributed by atoms with van der Waals surface area (Å²) in [6.07, 6.45) is 2.97. The van der Waals surface area contributed by atoms with E-state index in [-0.39, 0.29) is 17.9 Å². The number of aromatic amines is 1. The van der Waals surface area contributed by atoms with Gasteiger partial charge in [-0.25, -0.2) is 9.78 Å². The number of imidazole rings is 1. The number of ether oxygens (including phenoxy) is 1. The summed E-state index contributed by atoms with van der Waals surface area (Å²) >= 11 is 0. The molecule has 2 N–H and O–H groups in total. The van der Waals surface area contributed by atoms with Crippen molar-refractivity contribution in [2.45, 2.75) is 66.5 Å². The Morgan fingerprint density at radius 3 is 2.27 bits per heavy atom. The minimum absolute atomic E-state index is 0.0682. The number of hydrogen-bond donors (Lipinski definition) is 2. The van der Waals surface area contributed by atoms with Crippen LogP contribution < -0.4 is 5.32 Å². The summed E-state index contributed by atoms with van der Waals surface area (Å²) in [6.45, 7) is 13.1. The lowest BCUT2D eigenvalue weighted by atomic mass is 9.88. The number of carbonyl (C=O) groups excluding carboxylic acids is 2. The normalized spacial score (nSPS) is 16.2. The summed E-state index contributed by atoms with van der Waals surface area (Å²) in [4.78, 5) is 35.3. The lowest BCUT2D eigenvalue weighted by molar-refractivity contribution is -0.135. The molecule has 0 aliphatic carbocycles. The number of likely N-dealkylation sites (tertiary alicyclic amines) is 1. The highest BCUT2D eigenvalue weighted by Gasteiger charge is 2.37. The van der Waals surface area contributed by atoms with Crippen LogP contribution in [0.2, 0.25) is 0 Å². The van der Waals surface area contributed by atoms with E-state index in [2.05, 4.69) is 68.3 Å². The Hall–Kier alpha value is -3.61. The van der Waals surface area contributed by atoms with Crippen molar-refractivity contribution in [3.05, 3.63) is 64.6 Å². The first-order valence-corrected chi connectivity index (χ1v) is 13.0. The molecule has 2 atom stereocenters. The quantitative estimate of drug-likeness (QED) is 0.431. The highest BCUT2D eigenvalue weighted by molar-refractivity contribution is 5.86. The van der Waals surface area contributed by atoms with E-state index in [9.17, 15) is 9.59 Å². The van der Waals surface area contributed by atoms with Crippen LogP contribution in [-0.4, -0.2) is 46.6 Å². The maximum absolute atomic E-state index is 13.4. The maximum Gasteiger partial charge on any atom is 0.407 e. The Balaban J connectivity index is 1.61. The Morgan fingerprint density at radius 1 is 1.05 bits per heavy atom. The van der Waals surface area contributed by atoms with Gasteiger partial charge in [0.2, 0.25) is 5.91 Å². The topological polar surface area (TPSA) is 87.3 Å². The first-order valence-electron chi connectivity index (χ1n) is 13.0. The van der Waals surface area contributed by atoms with Crippen molar-refractivity contribution in [2.24, 2.45) is 5.92 Å². The first-order chi connectivity index (χ1) is 17.6. The van der Waals surface area contributed by atoms with Crippen molar-refractivity contribution in [3.63, 3.8) is 0 Å². The number of alkyl carbamates (subject to hydrolysis) is 1. The van der Waals surface area contributed by atoms with Gasteiger partial charge in [0.05, 0.1) is 25.0 Å². The smallest absolute Gasteiger partial charge is 0.407 e. The molecule has 1 aliphatic rings. The standard InChI is InChI=1S/C30H38N4O3/c1-17(2)27(33-30(36)37-7)29(35)34-13-9-12-24(34)28-31-16-23(32-28)22-14-20(5)26(21(6)15-22)25-18(3)10-8-11-19(25)4/h8,10-11,14-17,24,27H,9,12-13H2,1-7H3,(H,31,32)(H,33,36)/t24-,27-/m0/s1. The maximum atomic E-state index is 13.4. The van der Waals surface area contributed by atoms with Crippen LogP contribution in [0.3, 0.4) is 0 Å². The second-order valence-electron chi connectivity index (χ2n) is 10.5. The number of aryl methyl sites for hydroxylation is 4. The van der Waals surface area contributed by atoms with Gasteiger partial charge in [-0.1, -0.05) is 32.0 Å². The molecule has 1 aromatic heterocycles. The van der Waals surface area contributed by atoms with Crippen molar-refractivity contribution >= 4 is 12.0 Å². The van der Waals surface area contributed by atoms with Crippen molar-refractivity contribution in [2.75, 3.05) is 13.7 Å². The lowest BCUT2D eigenvalue weighted by Crippen LogP contribution is -2.51. The Morgan fingerprint density at radius 2 is 1.68 bits per heavy atom. The van der Waals surface area contributed by atoms with Crippen molar-refractivity contribution in [1.29, 1.82) is 0 Å². The van der Waals surface area contributed by atoms with Crippen LogP contribution in [0.5, 0.6) is 0 Å². The lowest BCUT2D eigenvalue weighted by Gasteiger charge is -2.30. The van der Waals surface area contributed by atoms with Crippen LogP contribution in [0.1, 0.15) is 60.8 Å². The van der Waals surface area contributed by atoms with Gasteiger partial charge in [-0.15, -0.1) is 0 Å². The molecule has 2 aromatic carbocycles. The number of methoxy groups -OCH3 is 1.